The van der Waals surface area contributed by atoms with Crippen molar-refractivity contribution in [3.63, 3.8) is 0 Å². The molecule has 12 nitrogen and oxygen atoms in total. The van der Waals surface area contributed by atoms with Crippen molar-refractivity contribution in [1.82, 2.24) is 0 Å². The van der Waals surface area contributed by atoms with Crippen LogP contribution in [-0.4, -0.2) is 69.4 Å². The van der Waals surface area contributed by atoms with E-state index in [9.17, 15) is 28.8 Å². The number of carbonyl (C=O) groups excluding carboxylic acids is 6. The summed E-state index contributed by atoms with van der Waals surface area (Å²) < 4.78 is 37.8. The van der Waals surface area contributed by atoms with Crippen LogP contribution in [0.25, 0.3) is 0 Å². The molecule has 0 saturated heterocycles. The second kappa shape index (κ2) is 50.4. The lowest BCUT2D eigenvalue weighted by Gasteiger charge is -2.62. The monoisotopic (exact) mass is 1960 g/mol. The van der Waals surface area contributed by atoms with Gasteiger partial charge in [-0.2, -0.15) is 0 Å². The summed E-state index contributed by atoms with van der Waals surface area (Å²) >= 11 is 0. The molecular formula is C127H242O12. The van der Waals surface area contributed by atoms with E-state index in [1.165, 1.54) is 225 Å². The van der Waals surface area contributed by atoms with Gasteiger partial charge in [-0.1, -0.05) is 178 Å². The molecule has 24 aliphatic rings. The topological polar surface area (TPSA) is 158 Å². The van der Waals surface area contributed by atoms with E-state index in [2.05, 4.69) is 104 Å². The van der Waals surface area contributed by atoms with Crippen LogP contribution >= 0.6 is 0 Å². The molecule has 24 fully saturated rings. The highest BCUT2D eigenvalue weighted by Crippen LogP contribution is 2.70. The molecule has 0 aromatic rings. The molecule has 24 bridgehead atoms. The van der Waals surface area contributed by atoms with Gasteiger partial charge in [0, 0.05) is 10.8 Å². The molecule has 0 amide bonds. The zero-order valence-corrected chi connectivity index (χ0v) is 87.0. The summed E-state index contributed by atoms with van der Waals surface area (Å²) in [5.41, 5.74) is -2.74. The van der Waals surface area contributed by atoms with Gasteiger partial charge in [-0.3, -0.25) is 28.8 Å². The zero-order chi connectivity index (χ0) is 92.8. The first kappa shape index (κ1) is 134. The summed E-state index contributed by atoms with van der Waals surface area (Å²) in [5, 5.41) is 0. The number of esters is 6. The fraction of sp³-hybridized carbons (Fsp3) is 0.953. The second-order valence-electron chi connectivity index (χ2n) is 53.8. The maximum Gasteiger partial charge on any atom is 0.312 e. The maximum absolute atomic E-state index is 12.9. The Morgan fingerprint density at radius 1 is 0.266 bits per heavy atom. The number of ether oxygens (including phenoxy) is 6. The zero-order valence-electron chi connectivity index (χ0n) is 87.0. The molecule has 0 aromatic heterocycles. The second-order valence-corrected chi connectivity index (χ2v) is 53.8. The number of rotatable bonds is 28. The first-order chi connectivity index (χ1) is 59.4. The molecule has 0 aliphatic heterocycles. The molecule has 12 heteroatoms. The van der Waals surface area contributed by atoms with Crippen molar-refractivity contribution in [1.29, 1.82) is 0 Å². The molecule has 0 aromatic carbocycles. The van der Waals surface area contributed by atoms with E-state index in [1.807, 2.05) is 83.1 Å². The normalized spacial score (nSPS) is 37.1. The first-order valence-corrected chi connectivity index (χ1v) is 54.8. The van der Waals surface area contributed by atoms with Crippen LogP contribution in [0.2, 0.25) is 0 Å². The number of hydrogen-bond acceptors (Lipinski definition) is 12. The van der Waals surface area contributed by atoms with Gasteiger partial charge in [0.05, 0.1) is 32.5 Å². The average Bonchev–Trinajstić information content (AvgIpc) is 0.705. The summed E-state index contributed by atoms with van der Waals surface area (Å²) in [6.45, 7) is 56.9. The molecule has 24 rings (SSSR count). The fourth-order valence-electron chi connectivity index (χ4n) is 32.8. The quantitative estimate of drug-likeness (QED) is 0.0540. The van der Waals surface area contributed by atoms with E-state index in [4.69, 9.17) is 28.4 Å². The van der Waals surface area contributed by atoms with Crippen molar-refractivity contribution in [2.24, 2.45) is 179 Å². The molecule has 139 heavy (non-hydrogen) atoms. The van der Waals surface area contributed by atoms with Gasteiger partial charge in [0.1, 0.15) is 33.6 Å². The minimum absolute atomic E-state index is 0. The molecule has 0 radical (unpaired) electrons. The molecule has 24 aliphatic carbocycles. The molecule has 0 heterocycles. The summed E-state index contributed by atoms with van der Waals surface area (Å²) in [4.78, 5) is 76.2. The minimum atomic E-state index is -0.365. The van der Waals surface area contributed by atoms with Crippen LogP contribution in [-0.2, 0) is 57.2 Å². The molecular weight excluding hydrogens is 1720 g/mol. The Kier molecular flexibility index (Phi) is 48.5. The highest BCUT2D eigenvalue weighted by molar-refractivity contribution is 5.79. The summed E-state index contributed by atoms with van der Waals surface area (Å²) in [5.74, 6) is 18.4. The van der Waals surface area contributed by atoms with Crippen LogP contribution in [0.15, 0.2) is 0 Å². The molecule has 1 unspecified atom stereocenters. The third-order valence-corrected chi connectivity index (χ3v) is 42.5. The Bertz CT molecular complexity index is 3590. The minimum Gasteiger partial charge on any atom is -0.459 e. The largest absolute Gasteiger partial charge is 0.459 e. The van der Waals surface area contributed by atoms with Crippen molar-refractivity contribution in [3.8, 4) is 0 Å². The predicted molar refractivity (Wildman–Crippen MR) is 594 cm³/mol. The van der Waals surface area contributed by atoms with Crippen molar-refractivity contribution < 1.29 is 57.2 Å². The number of hydrogen-bond donors (Lipinski definition) is 0. The van der Waals surface area contributed by atoms with Crippen LogP contribution in [0.5, 0.6) is 0 Å². The van der Waals surface area contributed by atoms with Crippen LogP contribution in [0.3, 0.4) is 0 Å². The SMILES string of the molecule is C.C.C.C.C.C.C.C.C.C.C.C.CCC(C)(C)C(=O)OC(C)(C)C12CC3CC(CC(C3)C1)C2.CCC(C)(C)C(=O)OC1(C(C)C)C2CC3CC(C2)CC1C3.CCC(C)(C)C(=O)OC1(C)C2CC3CC(C2)CC1C3.CCC(C)(C)C(=O)OC1(CC)C2CC3CC(C2)CC1C3.CCCCC(C)(OC(=O)C(C)(C)CC)C12CC3CC(CC(C3)C1)C2.CCCCC1(OC(=O)C(C)(C)CC)C2CC3CC(C2)CC1C3. The molecule has 822 valence electrons. The van der Waals surface area contributed by atoms with E-state index < -0.39 is 0 Å². The number of unbranched alkanes of at least 4 members (excludes halogenated alkanes) is 2. The Balaban J connectivity index is 0.000000821. The lowest BCUT2D eigenvalue weighted by atomic mass is 9.45. The van der Waals surface area contributed by atoms with E-state index in [-0.39, 0.29) is 202 Å². The van der Waals surface area contributed by atoms with Crippen molar-refractivity contribution in [2.75, 3.05) is 0 Å². The van der Waals surface area contributed by atoms with E-state index >= 15 is 0 Å². The van der Waals surface area contributed by atoms with E-state index in [1.54, 1.807) is 0 Å². The van der Waals surface area contributed by atoms with Crippen LogP contribution in [0, 0.1) is 179 Å². The molecule has 24 saturated carbocycles. The van der Waals surface area contributed by atoms with E-state index in [0.717, 1.165) is 147 Å². The summed E-state index contributed by atoms with van der Waals surface area (Å²) in [7, 11) is 0. The van der Waals surface area contributed by atoms with Crippen molar-refractivity contribution >= 4 is 35.8 Å². The Labute approximate surface area is 865 Å². The molecule has 0 N–H and O–H groups in total. The standard InChI is InChI=1S/C22H38O2.C20H34O2.2C19H32O2.C18H30O2.C17H28O2.12CH4/c1-6-8-9-21(5,24-19(23)20(3,4)7-2)22-13-16-10-17(14-22)12-18(11-16)15-22;1-5-7-8-20(22-18(21)19(3,4)6-2)16-10-14-9-15(12-16)13-17(20)11-14;1-6-17(2,3)16(20)21-18(4,5)19-10-13-7-14(11-19)9-15(8-13)12-19;1-6-18(4,5)17(20)21-19(12(2)3)15-8-13-7-14(10-15)11-16(19)9-13;1-5-17(3,4)16(19)20-18(6-2)14-8-12-7-13(10-14)11-15(18)9-12;1-5-16(2,3)15(18)19-17(4)13-7-11-6-12(9-13)10-14(17)8-11;;;;;;;;;;;;/h16-18H,6-15H2,1-5H3;14-17H,5-13H2,1-4H3;13-15H,6-12H2,1-5H3;12-16H,6-11H2,1-5H3;12-15H,5-11H2,1-4H3;11-14H,5-10H2,1-4H3;12*1H4. The predicted octanol–water partition coefficient (Wildman–Crippen LogP) is 37.6. The highest BCUT2D eigenvalue weighted by Gasteiger charge is 2.67. The Hall–Kier alpha value is -3.18. The smallest absolute Gasteiger partial charge is 0.312 e. The van der Waals surface area contributed by atoms with Gasteiger partial charge >= 0.3 is 35.8 Å². The van der Waals surface area contributed by atoms with Gasteiger partial charge in [0.2, 0.25) is 0 Å². The van der Waals surface area contributed by atoms with Gasteiger partial charge in [-0.25, -0.2) is 0 Å². The third-order valence-electron chi connectivity index (χ3n) is 42.5. The van der Waals surface area contributed by atoms with Crippen LogP contribution in [0.1, 0.15) is 565 Å². The van der Waals surface area contributed by atoms with Crippen LogP contribution in [0.4, 0.5) is 0 Å². The highest BCUT2D eigenvalue weighted by atomic mass is 16.6. The van der Waals surface area contributed by atoms with Gasteiger partial charge in [-0.05, 0) is 523 Å². The third kappa shape index (κ3) is 26.5. The Morgan fingerprint density at radius 2 is 0.496 bits per heavy atom. The van der Waals surface area contributed by atoms with Crippen molar-refractivity contribution in [3.05, 3.63) is 0 Å². The number of carbonyl (C=O) groups is 6. The average molecular weight is 1960 g/mol. The summed E-state index contributed by atoms with van der Waals surface area (Å²) in [6, 6.07) is 0. The van der Waals surface area contributed by atoms with Gasteiger partial charge in [0.15, 0.2) is 0 Å². The molecule has 1 atom stereocenters. The Morgan fingerprint density at radius 3 is 0.770 bits per heavy atom. The summed E-state index contributed by atoms with van der Waals surface area (Å²) in [6.07, 6.45) is 56.0. The van der Waals surface area contributed by atoms with E-state index in [0.29, 0.717) is 53.3 Å². The lowest BCUT2D eigenvalue weighted by Crippen LogP contribution is -2.63. The van der Waals surface area contributed by atoms with Gasteiger partial charge < -0.3 is 28.4 Å². The van der Waals surface area contributed by atoms with Crippen LogP contribution < -0.4 is 0 Å². The van der Waals surface area contributed by atoms with Gasteiger partial charge in [0.25, 0.3) is 0 Å². The molecule has 0 spiro atoms. The van der Waals surface area contributed by atoms with Crippen molar-refractivity contribution in [2.45, 2.75) is 599 Å². The first-order valence-electron chi connectivity index (χ1n) is 54.8. The van der Waals surface area contributed by atoms with Gasteiger partial charge in [-0.15, -0.1) is 0 Å². The maximum atomic E-state index is 12.9. The lowest BCUT2D eigenvalue weighted by molar-refractivity contribution is -0.231. The fourth-order valence-corrected chi connectivity index (χ4v) is 32.8.